The number of hydrogen-bond donors (Lipinski definition) is 0. The van der Waals surface area contributed by atoms with Crippen molar-refractivity contribution in [3.63, 3.8) is 0 Å². The van der Waals surface area contributed by atoms with E-state index in [1.807, 2.05) is 0 Å². The number of hydrogen-bond acceptors (Lipinski definition) is 3. The zero-order valence-electron chi connectivity index (χ0n) is 8.63. The van der Waals surface area contributed by atoms with E-state index in [0.29, 0.717) is 16.2 Å². The van der Waals surface area contributed by atoms with Crippen molar-refractivity contribution in [2.75, 3.05) is 0 Å². The number of fused-ring (bicyclic) bond motifs is 1. The lowest BCUT2D eigenvalue weighted by Gasteiger charge is -1.98. The zero-order chi connectivity index (χ0) is 11.8. The molecule has 3 aromatic rings. The van der Waals surface area contributed by atoms with Gasteiger partial charge in [-0.25, -0.2) is 9.37 Å². The summed E-state index contributed by atoms with van der Waals surface area (Å²) in [4.78, 5) is 4.32. The average molecular weight is 246 g/mol. The van der Waals surface area contributed by atoms with Crippen molar-refractivity contribution in [1.82, 2.24) is 4.98 Å². The molecular weight excluding hydrogens is 239 g/mol. The Kier molecular flexibility index (Phi) is 2.26. The number of thiazole rings is 1. The standard InChI is InChI=1S/C12H7FN2OS/c13-8-4-5-9-11(7-8)17-12(14-9)10-3-1-2-6-15(10)16/h1-7H. The molecule has 1 aromatic carbocycles. The first-order valence-electron chi connectivity index (χ1n) is 4.99. The lowest BCUT2D eigenvalue weighted by atomic mass is 10.3. The molecule has 0 unspecified atom stereocenters. The summed E-state index contributed by atoms with van der Waals surface area (Å²) in [5.41, 5.74) is 1.18. The van der Waals surface area contributed by atoms with E-state index in [2.05, 4.69) is 4.98 Å². The zero-order valence-corrected chi connectivity index (χ0v) is 9.45. The van der Waals surface area contributed by atoms with Crippen LogP contribution >= 0.6 is 11.3 Å². The molecule has 0 N–H and O–H groups in total. The van der Waals surface area contributed by atoms with E-state index in [9.17, 15) is 9.60 Å². The van der Waals surface area contributed by atoms with Crippen LogP contribution in [0.5, 0.6) is 0 Å². The number of nitrogens with zero attached hydrogens (tertiary/aromatic N) is 2. The van der Waals surface area contributed by atoms with Crippen LogP contribution in [0.25, 0.3) is 20.9 Å². The molecule has 2 aromatic heterocycles. The highest BCUT2D eigenvalue weighted by atomic mass is 32.1. The molecular formula is C12H7FN2OS. The van der Waals surface area contributed by atoms with E-state index in [-0.39, 0.29) is 5.82 Å². The number of pyridine rings is 1. The van der Waals surface area contributed by atoms with Crippen LogP contribution in [0.1, 0.15) is 0 Å². The topological polar surface area (TPSA) is 39.8 Å². The lowest BCUT2D eigenvalue weighted by molar-refractivity contribution is -0.593. The maximum Gasteiger partial charge on any atom is 0.252 e. The third-order valence-electron chi connectivity index (χ3n) is 2.39. The molecule has 3 nitrogen and oxygen atoms in total. The van der Waals surface area contributed by atoms with Gasteiger partial charge in [0.2, 0.25) is 0 Å². The van der Waals surface area contributed by atoms with Gasteiger partial charge in [-0.1, -0.05) is 0 Å². The largest absolute Gasteiger partial charge is 0.618 e. The molecule has 0 bridgehead atoms. The van der Waals surface area contributed by atoms with Crippen LogP contribution in [0.3, 0.4) is 0 Å². The van der Waals surface area contributed by atoms with E-state index in [1.165, 1.54) is 29.7 Å². The molecule has 2 heterocycles. The Morgan fingerprint density at radius 3 is 2.94 bits per heavy atom. The summed E-state index contributed by atoms with van der Waals surface area (Å²) in [5, 5.41) is 12.2. The van der Waals surface area contributed by atoms with Crippen molar-refractivity contribution in [3.8, 4) is 10.7 Å². The van der Waals surface area contributed by atoms with Gasteiger partial charge in [0.05, 0.1) is 10.2 Å². The molecule has 0 spiro atoms. The van der Waals surface area contributed by atoms with Crippen molar-refractivity contribution in [2.45, 2.75) is 0 Å². The van der Waals surface area contributed by atoms with Crippen LogP contribution < -0.4 is 4.73 Å². The monoisotopic (exact) mass is 246 g/mol. The Labute approximate surface area is 100 Å². The molecule has 5 heteroatoms. The van der Waals surface area contributed by atoms with Crippen molar-refractivity contribution < 1.29 is 9.12 Å². The van der Waals surface area contributed by atoms with Crippen molar-refractivity contribution in [2.24, 2.45) is 0 Å². The molecule has 0 amide bonds. The Morgan fingerprint density at radius 2 is 2.12 bits per heavy atom. The molecule has 0 saturated carbocycles. The minimum absolute atomic E-state index is 0.296. The normalized spacial score (nSPS) is 10.9. The quantitative estimate of drug-likeness (QED) is 0.489. The highest BCUT2D eigenvalue weighted by Crippen LogP contribution is 2.28. The van der Waals surface area contributed by atoms with Crippen molar-refractivity contribution >= 4 is 21.6 Å². The second-order valence-electron chi connectivity index (χ2n) is 3.54. The van der Waals surface area contributed by atoms with Crippen LogP contribution in [0.2, 0.25) is 0 Å². The molecule has 0 aliphatic heterocycles. The van der Waals surface area contributed by atoms with Gasteiger partial charge in [0, 0.05) is 12.1 Å². The maximum absolute atomic E-state index is 13.0. The van der Waals surface area contributed by atoms with Gasteiger partial charge in [-0.2, -0.15) is 4.73 Å². The van der Waals surface area contributed by atoms with Gasteiger partial charge >= 0.3 is 0 Å². The van der Waals surface area contributed by atoms with Gasteiger partial charge in [0.1, 0.15) is 5.82 Å². The fourth-order valence-electron chi connectivity index (χ4n) is 1.60. The first-order chi connectivity index (χ1) is 8.24. The molecule has 0 radical (unpaired) electrons. The lowest BCUT2D eigenvalue weighted by Crippen LogP contribution is -2.27. The first-order valence-corrected chi connectivity index (χ1v) is 5.80. The summed E-state index contributed by atoms with van der Waals surface area (Å²) in [5.74, 6) is -0.296. The Bertz CT molecular complexity index is 696. The second-order valence-corrected chi connectivity index (χ2v) is 4.57. The predicted octanol–water partition coefficient (Wildman–Crippen LogP) is 2.74. The van der Waals surface area contributed by atoms with Gasteiger partial charge in [0.25, 0.3) is 5.69 Å². The van der Waals surface area contributed by atoms with Gasteiger partial charge in [-0.05, 0) is 24.3 Å². The molecule has 0 saturated heterocycles. The highest BCUT2D eigenvalue weighted by Gasteiger charge is 2.13. The number of halogens is 1. The van der Waals surface area contributed by atoms with Crippen LogP contribution in [0.15, 0.2) is 42.6 Å². The number of benzene rings is 1. The third kappa shape index (κ3) is 1.74. The average Bonchev–Trinajstić information content (AvgIpc) is 2.72. The van der Waals surface area contributed by atoms with E-state index in [4.69, 9.17) is 0 Å². The fourth-order valence-corrected chi connectivity index (χ4v) is 2.61. The SMILES string of the molecule is [O-][n+]1ccccc1-c1nc2ccc(F)cc2s1. The first kappa shape index (κ1) is 10.2. The van der Waals surface area contributed by atoms with Crippen molar-refractivity contribution in [1.29, 1.82) is 0 Å². The molecule has 84 valence electrons. The number of rotatable bonds is 1. The van der Waals surface area contributed by atoms with E-state index in [1.54, 1.807) is 24.3 Å². The van der Waals surface area contributed by atoms with Gasteiger partial charge in [-0.15, -0.1) is 11.3 Å². The molecule has 0 aliphatic rings. The minimum atomic E-state index is -0.296. The van der Waals surface area contributed by atoms with Crippen LogP contribution in [0, 0.1) is 11.0 Å². The summed E-state index contributed by atoms with van der Waals surface area (Å²) in [7, 11) is 0. The van der Waals surface area contributed by atoms with Crippen molar-refractivity contribution in [3.05, 3.63) is 53.6 Å². The van der Waals surface area contributed by atoms with Crippen LogP contribution in [-0.2, 0) is 0 Å². The smallest absolute Gasteiger partial charge is 0.252 e. The Hall–Kier alpha value is -2.01. The van der Waals surface area contributed by atoms with Crippen LogP contribution in [-0.4, -0.2) is 4.98 Å². The van der Waals surface area contributed by atoms with E-state index < -0.39 is 0 Å². The Morgan fingerprint density at radius 1 is 1.24 bits per heavy atom. The summed E-state index contributed by atoms with van der Waals surface area (Å²) >= 11 is 1.31. The van der Waals surface area contributed by atoms with Gasteiger partial charge < -0.3 is 5.21 Å². The summed E-state index contributed by atoms with van der Waals surface area (Å²) < 4.78 is 14.5. The summed E-state index contributed by atoms with van der Waals surface area (Å²) in [6.45, 7) is 0. The molecule has 0 atom stereocenters. The Balaban J connectivity index is 2.22. The number of aromatic nitrogens is 2. The van der Waals surface area contributed by atoms with E-state index in [0.717, 1.165) is 9.43 Å². The predicted molar refractivity (Wildman–Crippen MR) is 64.0 cm³/mol. The van der Waals surface area contributed by atoms with Gasteiger partial charge in [-0.3, -0.25) is 0 Å². The molecule has 0 fully saturated rings. The molecule has 0 aliphatic carbocycles. The minimum Gasteiger partial charge on any atom is -0.618 e. The molecule has 3 rings (SSSR count). The maximum atomic E-state index is 13.0. The third-order valence-corrected chi connectivity index (χ3v) is 3.43. The second kappa shape index (κ2) is 3.78. The fraction of sp³-hybridized carbons (Fsp3) is 0. The summed E-state index contributed by atoms with van der Waals surface area (Å²) in [6, 6.07) is 9.53. The highest BCUT2D eigenvalue weighted by molar-refractivity contribution is 7.21. The van der Waals surface area contributed by atoms with Gasteiger partial charge in [0.15, 0.2) is 11.2 Å². The van der Waals surface area contributed by atoms with E-state index >= 15 is 0 Å². The summed E-state index contributed by atoms with van der Waals surface area (Å²) in [6.07, 6.45) is 1.42. The molecule has 17 heavy (non-hydrogen) atoms. The van der Waals surface area contributed by atoms with Crippen LogP contribution in [0.4, 0.5) is 4.39 Å².